The van der Waals surface area contributed by atoms with Crippen molar-refractivity contribution in [3.63, 3.8) is 0 Å². The molecule has 2 heterocycles. The molecule has 1 aliphatic heterocycles. The predicted octanol–water partition coefficient (Wildman–Crippen LogP) is 2.35. The summed E-state index contributed by atoms with van der Waals surface area (Å²) < 4.78 is 21.1. The molecule has 28 heavy (non-hydrogen) atoms. The number of amides is 2. The third-order valence-corrected chi connectivity index (χ3v) is 4.53. The zero-order valence-electron chi connectivity index (χ0n) is 14.8. The van der Waals surface area contributed by atoms with Gasteiger partial charge in [0.05, 0.1) is 11.4 Å². The third-order valence-electron chi connectivity index (χ3n) is 4.53. The van der Waals surface area contributed by atoms with Gasteiger partial charge in [-0.3, -0.25) is 14.2 Å². The number of rotatable bonds is 5. The Morgan fingerprint density at radius 1 is 1.29 bits per heavy atom. The molecule has 7 nitrogen and oxygen atoms in total. The van der Waals surface area contributed by atoms with Crippen LogP contribution in [0.5, 0.6) is 5.75 Å². The number of fused-ring (bicyclic) bond motifs is 1. The quantitative estimate of drug-likeness (QED) is 0.710. The largest absolute Gasteiger partial charge is 0.484 e. The highest BCUT2D eigenvalue weighted by molar-refractivity contribution is 5.94. The highest BCUT2D eigenvalue weighted by Gasteiger charge is 2.31. The monoisotopic (exact) mass is 380 g/mol. The van der Waals surface area contributed by atoms with Crippen LogP contribution < -0.4 is 15.8 Å². The first-order valence-electron chi connectivity index (χ1n) is 8.66. The number of aromatic nitrogens is 2. The number of carbonyl (C=O) groups is 2. The number of nitrogens with zero attached hydrogens (tertiary/aromatic N) is 2. The number of primary amides is 1. The van der Waals surface area contributed by atoms with E-state index < -0.39 is 11.7 Å². The van der Waals surface area contributed by atoms with Crippen molar-refractivity contribution in [1.82, 2.24) is 9.55 Å². The number of imidazole rings is 1. The number of carbonyl (C=O) groups excluding carboxylic acids is 2. The molecular weight excluding hydrogens is 363 g/mol. The van der Waals surface area contributed by atoms with Gasteiger partial charge in [0.15, 0.2) is 6.61 Å². The summed E-state index contributed by atoms with van der Waals surface area (Å²) in [5, 5.41) is 2.79. The van der Waals surface area contributed by atoms with E-state index in [0.717, 1.165) is 5.56 Å². The lowest BCUT2D eigenvalue weighted by atomic mass is 9.89. The Balaban J connectivity index is 1.73. The second-order valence-corrected chi connectivity index (χ2v) is 6.43. The van der Waals surface area contributed by atoms with Crippen molar-refractivity contribution in [2.24, 2.45) is 5.73 Å². The fourth-order valence-corrected chi connectivity index (χ4v) is 3.29. The highest BCUT2D eigenvalue weighted by atomic mass is 19.1. The second-order valence-electron chi connectivity index (χ2n) is 6.43. The number of para-hydroxylation sites is 1. The van der Waals surface area contributed by atoms with Crippen molar-refractivity contribution in [3.05, 3.63) is 71.9 Å². The fraction of sp³-hybridized carbons (Fsp3) is 0.150. The first-order chi connectivity index (χ1) is 13.5. The molecule has 1 aromatic heterocycles. The van der Waals surface area contributed by atoms with Crippen molar-refractivity contribution in [2.75, 3.05) is 11.9 Å². The van der Waals surface area contributed by atoms with Gasteiger partial charge in [-0.15, -0.1) is 0 Å². The van der Waals surface area contributed by atoms with Crippen LogP contribution >= 0.6 is 0 Å². The minimum atomic E-state index is -0.576. The number of hydrogen-bond donors (Lipinski definition) is 2. The summed E-state index contributed by atoms with van der Waals surface area (Å²) in [5.41, 5.74) is 6.85. The Morgan fingerprint density at radius 2 is 2.11 bits per heavy atom. The smallest absolute Gasteiger partial charge is 0.255 e. The standard InChI is InChI=1S/C20H17FN4O3/c21-15-6-1-2-7-16(15)25-11-23-19-14(9-18(27)24-20(19)25)12-4-3-5-13(8-12)28-10-17(22)26/h1-8,11,14H,9-10H2,(H2,22,26)(H,24,27). The lowest BCUT2D eigenvalue weighted by Crippen LogP contribution is -2.25. The average Bonchev–Trinajstić information content (AvgIpc) is 3.10. The number of nitrogens with two attached hydrogens (primary N) is 1. The van der Waals surface area contributed by atoms with E-state index in [1.54, 1.807) is 36.4 Å². The van der Waals surface area contributed by atoms with E-state index in [1.807, 2.05) is 6.07 Å². The predicted molar refractivity (Wildman–Crippen MR) is 99.7 cm³/mol. The Bertz CT molecular complexity index is 1060. The molecule has 0 saturated heterocycles. The molecule has 0 radical (unpaired) electrons. The van der Waals surface area contributed by atoms with Gasteiger partial charge in [-0.05, 0) is 29.8 Å². The average molecular weight is 380 g/mol. The summed E-state index contributed by atoms with van der Waals surface area (Å²) in [6.07, 6.45) is 1.69. The summed E-state index contributed by atoms with van der Waals surface area (Å²) in [4.78, 5) is 27.7. The minimum Gasteiger partial charge on any atom is -0.484 e. The molecule has 8 heteroatoms. The van der Waals surface area contributed by atoms with Crippen LogP contribution in [0.3, 0.4) is 0 Å². The molecule has 0 saturated carbocycles. The Hall–Kier alpha value is -3.68. The molecule has 142 valence electrons. The lowest BCUT2D eigenvalue weighted by molar-refractivity contribution is -0.120. The van der Waals surface area contributed by atoms with E-state index in [0.29, 0.717) is 22.9 Å². The first-order valence-corrected chi connectivity index (χ1v) is 8.66. The number of ether oxygens (including phenoxy) is 1. The molecule has 3 aromatic rings. The van der Waals surface area contributed by atoms with Crippen LogP contribution in [0.25, 0.3) is 5.69 Å². The zero-order valence-corrected chi connectivity index (χ0v) is 14.8. The van der Waals surface area contributed by atoms with Gasteiger partial charge in [0.25, 0.3) is 5.91 Å². The summed E-state index contributed by atoms with van der Waals surface area (Å²) >= 11 is 0. The molecular formula is C20H17FN4O3. The van der Waals surface area contributed by atoms with Crippen molar-refractivity contribution < 1.29 is 18.7 Å². The van der Waals surface area contributed by atoms with Gasteiger partial charge < -0.3 is 15.8 Å². The third kappa shape index (κ3) is 3.32. The number of hydrogen-bond acceptors (Lipinski definition) is 4. The van der Waals surface area contributed by atoms with E-state index in [1.165, 1.54) is 17.0 Å². The highest BCUT2D eigenvalue weighted by Crippen LogP contribution is 2.38. The number of anilines is 1. The van der Waals surface area contributed by atoms with Crippen molar-refractivity contribution >= 4 is 17.6 Å². The topological polar surface area (TPSA) is 99.2 Å². The van der Waals surface area contributed by atoms with Gasteiger partial charge in [-0.1, -0.05) is 24.3 Å². The van der Waals surface area contributed by atoms with Gasteiger partial charge >= 0.3 is 0 Å². The maximum absolute atomic E-state index is 14.2. The van der Waals surface area contributed by atoms with Gasteiger partial charge in [-0.25, -0.2) is 9.37 Å². The molecule has 2 aromatic carbocycles. The van der Waals surface area contributed by atoms with Crippen molar-refractivity contribution in [2.45, 2.75) is 12.3 Å². The van der Waals surface area contributed by atoms with E-state index in [4.69, 9.17) is 10.5 Å². The van der Waals surface area contributed by atoms with Crippen LogP contribution in [0.4, 0.5) is 10.2 Å². The molecule has 0 bridgehead atoms. The molecule has 0 fully saturated rings. The van der Waals surface area contributed by atoms with E-state index in [-0.39, 0.29) is 24.9 Å². The normalized spacial score (nSPS) is 15.6. The molecule has 0 spiro atoms. The molecule has 1 aliphatic rings. The van der Waals surface area contributed by atoms with Crippen LogP contribution in [-0.4, -0.2) is 28.0 Å². The van der Waals surface area contributed by atoms with E-state index in [9.17, 15) is 14.0 Å². The first kappa shape index (κ1) is 17.7. The summed E-state index contributed by atoms with van der Waals surface area (Å²) in [7, 11) is 0. The van der Waals surface area contributed by atoms with Crippen LogP contribution in [0.15, 0.2) is 54.9 Å². The van der Waals surface area contributed by atoms with Crippen molar-refractivity contribution in [3.8, 4) is 11.4 Å². The number of benzene rings is 2. The van der Waals surface area contributed by atoms with Crippen LogP contribution in [0, 0.1) is 5.82 Å². The van der Waals surface area contributed by atoms with Gasteiger partial charge in [0.1, 0.15) is 23.7 Å². The zero-order chi connectivity index (χ0) is 19.7. The maximum atomic E-state index is 14.2. The maximum Gasteiger partial charge on any atom is 0.255 e. The lowest BCUT2D eigenvalue weighted by Gasteiger charge is -2.23. The van der Waals surface area contributed by atoms with Gasteiger partial charge in [0, 0.05) is 12.3 Å². The summed E-state index contributed by atoms with van der Waals surface area (Å²) in [6.45, 7) is -0.234. The summed E-state index contributed by atoms with van der Waals surface area (Å²) in [5.74, 6) is -0.602. The molecule has 1 atom stereocenters. The SMILES string of the molecule is NC(=O)COc1cccc(C2CC(=O)Nc3c2ncn3-c2ccccc2F)c1. The Kier molecular flexibility index (Phi) is 4.52. The fourth-order valence-electron chi connectivity index (χ4n) is 3.29. The second kappa shape index (κ2) is 7.15. The van der Waals surface area contributed by atoms with Gasteiger partial charge in [-0.2, -0.15) is 0 Å². The molecule has 2 amide bonds. The molecule has 0 aliphatic carbocycles. The van der Waals surface area contributed by atoms with Crippen LogP contribution in [0.2, 0.25) is 0 Å². The molecule has 4 rings (SSSR count). The Morgan fingerprint density at radius 3 is 2.89 bits per heavy atom. The molecule has 3 N–H and O–H groups in total. The number of nitrogens with one attached hydrogen (secondary N) is 1. The van der Waals surface area contributed by atoms with Gasteiger partial charge in [0.2, 0.25) is 5.91 Å². The molecule has 1 unspecified atom stereocenters. The van der Waals surface area contributed by atoms with Crippen LogP contribution in [0.1, 0.15) is 23.6 Å². The Labute approximate surface area is 159 Å². The number of halogens is 1. The minimum absolute atomic E-state index is 0.195. The van der Waals surface area contributed by atoms with Crippen LogP contribution in [-0.2, 0) is 9.59 Å². The van der Waals surface area contributed by atoms with E-state index in [2.05, 4.69) is 10.3 Å². The summed E-state index contributed by atoms with van der Waals surface area (Å²) in [6, 6.07) is 13.4. The van der Waals surface area contributed by atoms with Crippen molar-refractivity contribution in [1.29, 1.82) is 0 Å². The van der Waals surface area contributed by atoms with E-state index >= 15 is 0 Å².